The summed E-state index contributed by atoms with van der Waals surface area (Å²) in [4.78, 5) is 27.2. The van der Waals surface area contributed by atoms with Crippen molar-refractivity contribution < 1.29 is 14.3 Å². The van der Waals surface area contributed by atoms with Crippen LogP contribution in [0.1, 0.15) is 46.7 Å². The third kappa shape index (κ3) is 5.32. The van der Waals surface area contributed by atoms with E-state index in [9.17, 15) is 9.59 Å². The third-order valence-electron chi connectivity index (χ3n) is 4.56. The molecule has 0 spiro atoms. The summed E-state index contributed by atoms with van der Waals surface area (Å²) in [6.07, 6.45) is 2.06. The molecule has 2 aromatic rings. The largest absolute Gasteiger partial charge is 0.493 e. The number of likely N-dealkylation sites (tertiary alicyclic amines) is 1. The zero-order valence-electron chi connectivity index (χ0n) is 15.8. The second-order valence-corrected chi connectivity index (χ2v) is 8.15. The van der Waals surface area contributed by atoms with Crippen molar-refractivity contribution in [2.24, 2.45) is 5.92 Å². The first-order valence-corrected chi connectivity index (χ1v) is 10.3. The number of nitrogens with one attached hydrogen (secondary N) is 1. The van der Waals surface area contributed by atoms with Gasteiger partial charge in [-0.2, -0.15) is 0 Å². The highest BCUT2D eigenvalue weighted by Crippen LogP contribution is 2.22. The molecular weight excluding hydrogens is 360 g/mol. The molecule has 144 valence electrons. The van der Waals surface area contributed by atoms with Gasteiger partial charge in [-0.05, 0) is 62.4 Å². The number of hydrogen-bond donors (Lipinski definition) is 1. The summed E-state index contributed by atoms with van der Waals surface area (Å²) in [6, 6.07) is 11.1. The van der Waals surface area contributed by atoms with E-state index >= 15 is 0 Å². The molecule has 5 nitrogen and oxygen atoms in total. The maximum Gasteiger partial charge on any atom is 0.263 e. The van der Waals surface area contributed by atoms with E-state index in [0.29, 0.717) is 18.1 Å². The van der Waals surface area contributed by atoms with Gasteiger partial charge in [0.2, 0.25) is 0 Å². The number of hydrogen-bond acceptors (Lipinski definition) is 4. The van der Waals surface area contributed by atoms with Crippen molar-refractivity contribution in [1.29, 1.82) is 0 Å². The number of carbonyl (C=O) groups excluding carboxylic acids is 2. The van der Waals surface area contributed by atoms with Crippen molar-refractivity contribution in [3.63, 3.8) is 0 Å². The minimum absolute atomic E-state index is 0.0773. The lowest BCUT2D eigenvalue weighted by Crippen LogP contribution is -2.41. The smallest absolute Gasteiger partial charge is 0.263 e. The Hall–Kier alpha value is -2.34. The van der Waals surface area contributed by atoms with Gasteiger partial charge in [-0.1, -0.05) is 6.07 Å². The zero-order chi connectivity index (χ0) is 19.2. The molecule has 1 aromatic carbocycles. The van der Waals surface area contributed by atoms with Crippen LogP contribution >= 0.6 is 11.3 Å². The fourth-order valence-corrected chi connectivity index (χ4v) is 3.89. The Morgan fingerprint density at radius 1 is 1.26 bits per heavy atom. The molecule has 1 aromatic heterocycles. The standard InChI is InChI=1S/C21H26N2O3S/c1-15(2)22-20(24)17-7-9-18(10-8-17)26-14-16-5-3-11-23(13-16)21(25)19-6-4-12-27-19/h4,6-10,12,15-16H,3,5,11,13-14H2,1-2H3,(H,22,24). The van der Waals surface area contributed by atoms with Gasteiger partial charge >= 0.3 is 0 Å². The number of ether oxygens (including phenoxy) is 1. The van der Waals surface area contributed by atoms with Crippen molar-refractivity contribution in [3.8, 4) is 5.75 Å². The minimum atomic E-state index is -0.0773. The van der Waals surface area contributed by atoms with Gasteiger partial charge in [-0.15, -0.1) is 11.3 Å². The average molecular weight is 387 g/mol. The molecule has 1 fully saturated rings. The van der Waals surface area contributed by atoms with Gasteiger partial charge in [0.15, 0.2) is 0 Å². The van der Waals surface area contributed by atoms with E-state index in [-0.39, 0.29) is 17.9 Å². The number of benzene rings is 1. The molecular formula is C21H26N2O3S. The summed E-state index contributed by atoms with van der Waals surface area (Å²) in [5.74, 6) is 1.12. The first-order chi connectivity index (χ1) is 13.0. The van der Waals surface area contributed by atoms with Crippen LogP contribution in [0.4, 0.5) is 0 Å². The van der Waals surface area contributed by atoms with Crippen LogP contribution < -0.4 is 10.1 Å². The average Bonchev–Trinajstić information content (AvgIpc) is 3.20. The Morgan fingerprint density at radius 3 is 2.70 bits per heavy atom. The van der Waals surface area contributed by atoms with Gasteiger partial charge in [0.25, 0.3) is 11.8 Å². The summed E-state index contributed by atoms with van der Waals surface area (Å²) >= 11 is 1.49. The van der Waals surface area contributed by atoms with E-state index < -0.39 is 0 Å². The first kappa shape index (κ1) is 19.4. The topological polar surface area (TPSA) is 58.6 Å². The lowest BCUT2D eigenvalue weighted by molar-refractivity contribution is 0.0638. The lowest BCUT2D eigenvalue weighted by Gasteiger charge is -2.32. The summed E-state index contributed by atoms with van der Waals surface area (Å²) in [5.41, 5.74) is 0.626. The molecule has 1 N–H and O–H groups in total. The quantitative estimate of drug-likeness (QED) is 0.821. The minimum Gasteiger partial charge on any atom is -0.493 e. The van der Waals surface area contributed by atoms with E-state index in [4.69, 9.17) is 4.74 Å². The molecule has 2 amide bonds. The van der Waals surface area contributed by atoms with Crippen molar-refractivity contribution in [3.05, 3.63) is 52.2 Å². The van der Waals surface area contributed by atoms with Crippen LogP contribution in [0.3, 0.4) is 0 Å². The molecule has 1 aliphatic rings. The van der Waals surface area contributed by atoms with Crippen molar-refractivity contribution in [1.82, 2.24) is 10.2 Å². The van der Waals surface area contributed by atoms with Gasteiger partial charge in [0.05, 0.1) is 11.5 Å². The maximum absolute atomic E-state index is 12.5. The van der Waals surface area contributed by atoms with E-state index in [1.165, 1.54) is 11.3 Å². The van der Waals surface area contributed by atoms with Crippen molar-refractivity contribution in [2.75, 3.05) is 19.7 Å². The van der Waals surface area contributed by atoms with Gasteiger partial charge in [-0.25, -0.2) is 0 Å². The molecule has 3 rings (SSSR count). The SMILES string of the molecule is CC(C)NC(=O)c1ccc(OCC2CCCN(C(=O)c3cccs3)C2)cc1. The fourth-order valence-electron chi connectivity index (χ4n) is 3.20. The first-order valence-electron chi connectivity index (χ1n) is 9.39. The van der Waals surface area contributed by atoms with Crippen LogP contribution in [0.5, 0.6) is 5.75 Å². The van der Waals surface area contributed by atoms with Gasteiger partial charge < -0.3 is 15.0 Å². The number of carbonyl (C=O) groups is 2. The molecule has 1 unspecified atom stereocenters. The molecule has 0 aliphatic carbocycles. The number of piperidine rings is 1. The maximum atomic E-state index is 12.5. The van der Waals surface area contributed by atoms with E-state index in [1.54, 1.807) is 12.1 Å². The highest BCUT2D eigenvalue weighted by atomic mass is 32.1. The number of thiophene rings is 1. The summed E-state index contributed by atoms with van der Waals surface area (Å²) in [5, 5.41) is 4.81. The van der Waals surface area contributed by atoms with E-state index in [1.807, 2.05) is 48.4 Å². The predicted octanol–water partition coefficient (Wildman–Crippen LogP) is 3.82. The summed E-state index contributed by atoms with van der Waals surface area (Å²) in [7, 11) is 0. The zero-order valence-corrected chi connectivity index (χ0v) is 16.6. The molecule has 0 bridgehead atoms. The van der Waals surface area contributed by atoms with Crippen LogP contribution in [0.2, 0.25) is 0 Å². The van der Waals surface area contributed by atoms with Crippen LogP contribution in [-0.4, -0.2) is 42.5 Å². The molecule has 0 saturated carbocycles. The Balaban J connectivity index is 1.51. The molecule has 2 heterocycles. The summed E-state index contributed by atoms with van der Waals surface area (Å²) < 4.78 is 5.91. The number of rotatable bonds is 6. The Morgan fingerprint density at radius 2 is 2.04 bits per heavy atom. The number of nitrogens with zero attached hydrogens (tertiary/aromatic N) is 1. The molecule has 1 atom stereocenters. The van der Waals surface area contributed by atoms with Crippen LogP contribution in [-0.2, 0) is 0 Å². The fraction of sp³-hybridized carbons (Fsp3) is 0.429. The predicted molar refractivity (Wildman–Crippen MR) is 107 cm³/mol. The lowest BCUT2D eigenvalue weighted by atomic mass is 9.99. The third-order valence-corrected chi connectivity index (χ3v) is 5.42. The molecule has 1 aliphatic heterocycles. The van der Waals surface area contributed by atoms with Crippen LogP contribution in [0, 0.1) is 5.92 Å². The van der Waals surface area contributed by atoms with E-state index in [0.717, 1.165) is 36.6 Å². The highest BCUT2D eigenvalue weighted by Gasteiger charge is 2.25. The van der Waals surface area contributed by atoms with E-state index in [2.05, 4.69) is 5.32 Å². The monoisotopic (exact) mass is 386 g/mol. The van der Waals surface area contributed by atoms with Crippen LogP contribution in [0.25, 0.3) is 0 Å². The van der Waals surface area contributed by atoms with Crippen LogP contribution in [0.15, 0.2) is 41.8 Å². The number of amides is 2. The Kier molecular flexibility index (Phi) is 6.50. The molecule has 0 radical (unpaired) electrons. The van der Waals surface area contributed by atoms with Gasteiger partial charge in [0.1, 0.15) is 5.75 Å². The summed E-state index contributed by atoms with van der Waals surface area (Å²) in [6.45, 7) is 5.99. The molecule has 27 heavy (non-hydrogen) atoms. The molecule has 1 saturated heterocycles. The van der Waals surface area contributed by atoms with Gasteiger partial charge in [0, 0.05) is 30.6 Å². The van der Waals surface area contributed by atoms with Gasteiger partial charge in [-0.3, -0.25) is 9.59 Å². The Bertz CT molecular complexity index is 756. The second-order valence-electron chi connectivity index (χ2n) is 7.20. The van der Waals surface area contributed by atoms with Crippen molar-refractivity contribution >= 4 is 23.2 Å². The second kappa shape index (κ2) is 9.04. The Labute approximate surface area is 164 Å². The van der Waals surface area contributed by atoms with Crippen molar-refractivity contribution in [2.45, 2.75) is 32.7 Å². The highest BCUT2D eigenvalue weighted by molar-refractivity contribution is 7.12. The molecule has 6 heteroatoms. The normalized spacial score (nSPS) is 17.0.